The van der Waals surface area contributed by atoms with Gasteiger partial charge in [-0.1, -0.05) is 30.1 Å². The van der Waals surface area contributed by atoms with Crippen LogP contribution >= 0.6 is 23.2 Å². The molecule has 0 radical (unpaired) electrons. The molecule has 2 heterocycles. The number of likely N-dealkylation sites (tertiary alicyclic amines) is 1. The van der Waals surface area contributed by atoms with Gasteiger partial charge in [0.05, 0.1) is 10.0 Å². The highest BCUT2D eigenvalue weighted by Gasteiger charge is 2.26. The third-order valence-corrected chi connectivity index (χ3v) is 5.49. The minimum atomic E-state index is 0.129. The van der Waals surface area contributed by atoms with E-state index in [9.17, 15) is 4.79 Å². The van der Waals surface area contributed by atoms with Crippen LogP contribution in [0.1, 0.15) is 26.2 Å². The van der Waals surface area contributed by atoms with Gasteiger partial charge < -0.3 is 20.2 Å². The molecule has 1 atom stereocenters. The maximum Gasteiger partial charge on any atom is 0.222 e. The van der Waals surface area contributed by atoms with Crippen LogP contribution in [0.5, 0.6) is 5.75 Å². The molecular formula is C19H29Cl2N3O2. The van der Waals surface area contributed by atoms with E-state index in [0.717, 1.165) is 58.7 Å². The van der Waals surface area contributed by atoms with E-state index in [1.807, 2.05) is 4.90 Å². The van der Waals surface area contributed by atoms with E-state index in [4.69, 9.17) is 28.3 Å². The Balaban J connectivity index is 0.000000228. The fourth-order valence-electron chi connectivity index (χ4n) is 3.35. The summed E-state index contributed by atoms with van der Waals surface area (Å²) < 4.78 is 0. The molecule has 1 unspecified atom stereocenters. The van der Waals surface area contributed by atoms with Crippen LogP contribution < -0.4 is 5.32 Å². The highest BCUT2D eigenvalue weighted by Crippen LogP contribution is 2.25. The number of nitrogens with one attached hydrogen (secondary N) is 1. The molecule has 2 aliphatic rings. The highest BCUT2D eigenvalue weighted by atomic mass is 35.5. The number of hydrogen-bond acceptors (Lipinski definition) is 4. The molecule has 0 spiro atoms. The third-order valence-electron chi connectivity index (χ3n) is 4.75. The number of benzene rings is 1. The molecule has 5 nitrogen and oxygen atoms in total. The molecule has 1 aromatic carbocycles. The van der Waals surface area contributed by atoms with Crippen molar-refractivity contribution in [1.82, 2.24) is 15.1 Å². The van der Waals surface area contributed by atoms with Crippen LogP contribution in [0.3, 0.4) is 0 Å². The average molecular weight is 402 g/mol. The van der Waals surface area contributed by atoms with Crippen molar-refractivity contribution in [1.29, 1.82) is 0 Å². The molecule has 3 rings (SSSR count). The maximum atomic E-state index is 11.9. The van der Waals surface area contributed by atoms with Crippen LogP contribution in [-0.4, -0.2) is 66.6 Å². The first-order valence-corrected chi connectivity index (χ1v) is 10.1. The van der Waals surface area contributed by atoms with Gasteiger partial charge in [-0.15, -0.1) is 0 Å². The van der Waals surface area contributed by atoms with Crippen molar-refractivity contribution >= 4 is 29.1 Å². The Morgan fingerprint density at radius 2 is 1.92 bits per heavy atom. The Hall–Kier alpha value is -1.01. The van der Waals surface area contributed by atoms with Crippen molar-refractivity contribution in [3.63, 3.8) is 0 Å². The van der Waals surface area contributed by atoms with Crippen LogP contribution in [0.25, 0.3) is 0 Å². The molecule has 2 aliphatic heterocycles. The number of piperidine rings is 1. The number of carbonyl (C=O) groups is 1. The molecule has 1 aromatic rings. The lowest BCUT2D eigenvalue weighted by molar-refractivity contribution is -0.135. The number of hydrogen-bond donors (Lipinski definition) is 2. The molecule has 7 heteroatoms. The number of rotatable bonds is 4. The minimum Gasteiger partial charge on any atom is -0.508 e. The second-order valence-electron chi connectivity index (χ2n) is 6.89. The predicted molar refractivity (Wildman–Crippen MR) is 107 cm³/mol. The van der Waals surface area contributed by atoms with Gasteiger partial charge in [0.25, 0.3) is 0 Å². The summed E-state index contributed by atoms with van der Waals surface area (Å²) >= 11 is 11.1. The Bertz CT molecular complexity index is 580. The SMILES string of the molecule is CCCN1CCC(CN2CCNCC2)CC1=O.Oc1ccc(Cl)c(Cl)c1. The van der Waals surface area contributed by atoms with Crippen molar-refractivity contribution in [3.05, 3.63) is 28.2 Å². The van der Waals surface area contributed by atoms with Crippen molar-refractivity contribution in [2.75, 3.05) is 45.8 Å². The molecule has 0 bridgehead atoms. The fourth-order valence-corrected chi connectivity index (χ4v) is 3.64. The van der Waals surface area contributed by atoms with Gasteiger partial charge in [-0.25, -0.2) is 0 Å². The molecule has 146 valence electrons. The number of phenols is 1. The second kappa shape index (κ2) is 11.0. The number of carbonyl (C=O) groups excluding carboxylic acids is 1. The Morgan fingerprint density at radius 1 is 1.19 bits per heavy atom. The summed E-state index contributed by atoms with van der Waals surface area (Å²) in [4.78, 5) is 16.5. The first kappa shape index (κ1) is 21.3. The van der Waals surface area contributed by atoms with Crippen molar-refractivity contribution in [3.8, 4) is 5.75 Å². The molecule has 2 saturated heterocycles. The van der Waals surface area contributed by atoms with Crippen molar-refractivity contribution in [2.24, 2.45) is 5.92 Å². The zero-order chi connectivity index (χ0) is 18.9. The largest absolute Gasteiger partial charge is 0.508 e. The van der Waals surface area contributed by atoms with Crippen LogP contribution in [0.2, 0.25) is 10.0 Å². The molecule has 1 amide bonds. The van der Waals surface area contributed by atoms with E-state index in [0.29, 0.717) is 21.9 Å². The van der Waals surface area contributed by atoms with Crippen LogP contribution in [0, 0.1) is 5.92 Å². The first-order valence-electron chi connectivity index (χ1n) is 9.34. The standard InChI is InChI=1S/C13H25N3O.C6H4Cl2O/c1-2-6-16-7-3-12(10-13(16)17)11-15-8-4-14-5-9-15;7-5-2-1-4(9)3-6(5)8/h12,14H,2-11H2,1H3;1-3,9H. The zero-order valence-electron chi connectivity index (χ0n) is 15.4. The van der Waals surface area contributed by atoms with Gasteiger partial charge in [-0.3, -0.25) is 4.79 Å². The summed E-state index contributed by atoms with van der Waals surface area (Å²) in [5.41, 5.74) is 0. The average Bonchev–Trinajstić information content (AvgIpc) is 2.62. The highest BCUT2D eigenvalue weighted by molar-refractivity contribution is 6.42. The van der Waals surface area contributed by atoms with Gasteiger partial charge in [0.1, 0.15) is 5.75 Å². The summed E-state index contributed by atoms with van der Waals surface area (Å²) in [6.45, 7) is 9.66. The number of halogens is 2. The summed E-state index contributed by atoms with van der Waals surface area (Å²) in [6, 6.07) is 4.41. The minimum absolute atomic E-state index is 0.129. The molecule has 0 aliphatic carbocycles. The van der Waals surface area contributed by atoms with Gasteiger partial charge in [-0.2, -0.15) is 0 Å². The predicted octanol–water partition coefficient (Wildman–Crippen LogP) is 3.24. The molecule has 0 aromatic heterocycles. The maximum absolute atomic E-state index is 11.9. The van der Waals surface area contributed by atoms with E-state index < -0.39 is 0 Å². The number of phenolic OH excluding ortho intramolecular Hbond substituents is 1. The second-order valence-corrected chi connectivity index (χ2v) is 7.70. The Labute approximate surface area is 166 Å². The summed E-state index contributed by atoms with van der Waals surface area (Å²) in [5, 5.41) is 13.0. The summed E-state index contributed by atoms with van der Waals surface area (Å²) in [7, 11) is 0. The molecular weight excluding hydrogens is 373 g/mol. The van der Waals surface area contributed by atoms with E-state index in [1.165, 1.54) is 18.6 Å². The zero-order valence-corrected chi connectivity index (χ0v) is 16.9. The van der Waals surface area contributed by atoms with Crippen LogP contribution in [-0.2, 0) is 4.79 Å². The van der Waals surface area contributed by atoms with E-state index in [-0.39, 0.29) is 5.75 Å². The lowest BCUT2D eigenvalue weighted by Crippen LogP contribution is -2.47. The molecule has 2 fully saturated rings. The van der Waals surface area contributed by atoms with Crippen LogP contribution in [0.15, 0.2) is 18.2 Å². The Kier molecular flexibility index (Phi) is 8.99. The lowest BCUT2D eigenvalue weighted by Gasteiger charge is -2.35. The molecule has 0 saturated carbocycles. The topological polar surface area (TPSA) is 55.8 Å². The van der Waals surface area contributed by atoms with E-state index in [1.54, 1.807) is 6.07 Å². The number of piperazine rings is 1. The van der Waals surface area contributed by atoms with Gasteiger partial charge in [0.15, 0.2) is 0 Å². The van der Waals surface area contributed by atoms with Crippen molar-refractivity contribution < 1.29 is 9.90 Å². The number of nitrogens with zero attached hydrogens (tertiary/aromatic N) is 2. The van der Waals surface area contributed by atoms with Gasteiger partial charge >= 0.3 is 0 Å². The van der Waals surface area contributed by atoms with E-state index in [2.05, 4.69) is 17.1 Å². The molecule has 2 N–H and O–H groups in total. The summed E-state index contributed by atoms with van der Waals surface area (Å²) in [6.07, 6.45) is 3.04. The third kappa shape index (κ3) is 6.95. The van der Waals surface area contributed by atoms with Gasteiger partial charge in [0, 0.05) is 52.2 Å². The van der Waals surface area contributed by atoms with Gasteiger partial charge in [-0.05, 0) is 37.0 Å². The monoisotopic (exact) mass is 401 g/mol. The number of amides is 1. The number of aromatic hydroxyl groups is 1. The van der Waals surface area contributed by atoms with Crippen molar-refractivity contribution in [2.45, 2.75) is 26.2 Å². The lowest BCUT2D eigenvalue weighted by atomic mass is 9.95. The quantitative estimate of drug-likeness (QED) is 0.812. The van der Waals surface area contributed by atoms with Gasteiger partial charge in [0.2, 0.25) is 5.91 Å². The van der Waals surface area contributed by atoms with Crippen LogP contribution in [0.4, 0.5) is 0 Å². The fraction of sp³-hybridized carbons (Fsp3) is 0.632. The normalized spacial score (nSPS) is 21.3. The first-order chi connectivity index (χ1) is 12.5. The summed E-state index contributed by atoms with van der Waals surface area (Å²) in [5.74, 6) is 1.09. The smallest absolute Gasteiger partial charge is 0.222 e. The molecule has 26 heavy (non-hydrogen) atoms. The Morgan fingerprint density at radius 3 is 2.50 bits per heavy atom. The van der Waals surface area contributed by atoms with E-state index >= 15 is 0 Å².